The highest BCUT2D eigenvalue weighted by Gasteiger charge is 2.30. The maximum Gasteiger partial charge on any atom is 0.416 e. The zero-order chi connectivity index (χ0) is 20.4. The topological polar surface area (TPSA) is 41.5 Å². The van der Waals surface area contributed by atoms with E-state index in [-0.39, 0.29) is 5.56 Å². The lowest BCUT2D eigenvalue weighted by atomic mass is 9.97. The molecule has 4 aromatic carbocycles. The zero-order valence-electron chi connectivity index (χ0n) is 15.1. The number of hydrazone groups is 1. The molecule has 0 aliphatic carbocycles. The van der Waals surface area contributed by atoms with E-state index in [0.717, 1.165) is 39.2 Å². The summed E-state index contributed by atoms with van der Waals surface area (Å²) in [6, 6.07) is 21.9. The molecule has 0 heterocycles. The van der Waals surface area contributed by atoms with Crippen molar-refractivity contribution in [2.24, 2.45) is 5.10 Å². The van der Waals surface area contributed by atoms with Crippen LogP contribution in [0.4, 0.5) is 13.2 Å². The molecular formula is C23H15F3N2O. The van der Waals surface area contributed by atoms with Gasteiger partial charge in [-0.2, -0.15) is 18.3 Å². The molecule has 4 rings (SSSR count). The van der Waals surface area contributed by atoms with Gasteiger partial charge in [0.1, 0.15) is 0 Å². The zero-order valence-corrected chi connectivity index (χ0v) is 15.1. The Morgan fingerprint density at radius 3 is 2.07 bits per heavy atom. The molecule has 1 amide bonds. The fourth-order valence-electron chi connectivity index (χ4n) is 3.24. The normalized spacial score (nSPS) is 12.0. The number of nitrogens with zero attached hydrogens (tertiary/aromatic N) is 1. The SMILES string of the molecule is O=C(N/N=C/c1c2ccccc2cc2ccccc12)c1cccc(C(F)(F)F)c1. The number of nitrogens with one attached hydrogen (secondary N) is 1. The summed E-state index contributed by atoms with van der Waals surface area (Å²) in [5.41, 5.74) is 2.15. The third-order valence-electron chi connectivity index (χ3n) is 4.62. The van der Waals surface area contributed by atoms with E-state index in [9.17, 15) is 18.0 Å². The third kappa shape index (κ3) is 3.82. The number of benzene rings is 4. The molecule has 0 bridgehead atoms. The molecule has 0 aromatic heterocycles. The van der Waals surface area contributed by atoms with Crippen LogP contribution in [0.3, 0.4) is 0 Å². The van der Waals surface area contributed by atoms with Crippen molar-refractivity contribution in [1.82, 2.24) is 5.43 Å². The van der Waals surface area contributed by atoms with Gasteiger partial charge < -0.3 is 0 Å². The second-order valence-electron chi connectivity index (χ2n) is 6.51. The first-order chi connectivity index (χ1) is 13.9. The first-order valence-corrected chi connectivity index (χ1v) is 8.84. The number of hydrogen-bond donors (Lipinski definition) is 1. The van der Waals surface area contributed by atoms with Crippen LogP contribution >= 0.6 is 0 Å². The van der Waals surface area contributed by atoms with Crippen LogP contribution in [0.1, 0.15) is 21.5 Å². The van der Waals surface area contributed by atoms with E-state index in [2.05, 4.69) is 16.6 Å². The van der Waals surface area contributed by atoms with Gasteiger partial charge in [0.05, 0.1) is 11.8 Å². The molecule has 144 valence electrons. The van der Waals surface area contributed by atoms with Gasteiger partial charge in [-0.3, -0.25) is 4.79 Å². The Kier molecular flexibility index (Phi) is 4.76. The molecule has 0 atom stereocenters. The molecule has 0 aliphatic rings. The lowest BCUT2D eigenvalue weighted by Gasteiger charge is -2.09. The van der Waals surface area contributed by atoms with Crippen LogP contribution in [0.25, 0.3) is 21.5 Å². The maximum absolute atomic E-state index is 12.8. The number of alkyl halides is 3. The van der Waals surface area contributed by atoms with Crippen LogP contribution in [-0.4, -0.2) is 12.1 Å². The smallest absolute Gasteiger partial charge is 0.267 e. The van der Waals surface area contributed by atoms with Crippen molar-refractivity contribution in [2.75, 3.05) is 0 Å². The number of fused-ring (bicyclic) bond motifs is 2. The Labute approximate surface area is 164 Å². The lowest BCUT2D eigenvalue weighted by molar-refractivity contribution is -0.137. The minimum Gasteiger partial charge on any atom is -0.267 e. The van der Waals surface area contributed by atoms with Gasteiger partial charge in [-0.1, -0.05) is 54.6 Å². The largest absolute Gasteiger partial charge is 0.416 e. The van der Waals surface area contributed by atoms with Crippen molar-refractivity contribution in [3.05, 3.63) is 95.6 Å². The van der Waals surface area contributed by atoms with Crippen LogP contribution < -0.4 is 5.43 Å². The van der Waals surface area contributed by atoms with E-state index in [1.165, 1.54) is 18.3 Å². The molecule has 29 heavy (non-hydrogen) atoms. The summed E-state index contributed by atoms with van der Waals surface area (Å²) in [6.07, 6.45) is -2.99. The summed E-state index contributed by atoms with van der Waals surface area (Å²) in [6.45, 7) is 0. The average Bonchev–Trinajstić information content (AvgIpc) is 2.72. The van der Waals surface area contributed by atoms with Crippen molar-refractivity contribution >= 4 is 33.7 Å². The number of carbonyl (C=O) groups is 1. The molecule has 0 spiro atoms. The first-order valence-electron chi connectivity index (χ1n) is 8.84. The van der Waals surface area contributed by atoms with Crippen molar-refractivity contribution in [3.8, 4) is 0 Å². The molecule has 0 radical (unpaired) electrons. The number of amides is 1. The van der Waals surface area contributed by atoms with Crippen LogP contribution in [0.5, 0.6) is 0 Å². The first kappa shape index (κ1) is 18.7. The lowest BCUT2D eigenvalue weighted by Crippen LogP contribution is -2.18. The second-order valence-corrected chi connectivity index (χ2v) is 6.51. The van der Waals surface area contributed by atoms with Crippen molar-refractivity contribution in [2.45, 2.75) is 6.18 Å². The highest BCUT2D eigenvalue weighted by Crippen LogP contribution is 2.30. The molecule has 0 saturated carbocycles. The molecule has 0 aliphatic heterocycles. The molecule has 0 unspecified atom stereocenters. The van der Waals surface area contributed by atoms with Gasteiger partial charge in [0, 0.05) is 11.1 Å². The van der Waals surface area contributed by atoms with Gasteiger partial charge in [0.2, 0.25) is 0 Å². The third-order valence-corrected chi connectivity index (χ3v) is 4.62. The summed E-state index contributed by atoms with van der Waals surface area (Å²) in [4.78, 5) is 12.2. The van der Waals surface area contributed by atoms with Gasteiger partial charge in [-0.05, 0) is 45.8 Å². The Balaban J connectivity index is 1.66. The Morgan fingerprint density at radius 1 is 0.828 bits per heavy atom. The van der Waals surface area contributed by atoms with E-state index >= 15 is 0 Å². The monoisotopic (exact) mass is 392 g/mol. The summed E-state index contributed by atoms with van der Waals surface area (Å²) in [7, 11) is 0. The molecule has 0 fully saturated rings. The number of hydrogen-bond acceptors (Lipinski definition) is 2. The predicted octanol–water partition coefficient (Wildman–Crippen LogP) is 5.78. The van der Waals surface area contributed by atoms with E-state index in [0.29, 0.717) is 0 Å². The van der Waals surface area contributed by atoms with Crippen molar-refractivity contribution < 1.29 is 18.0 Å². The van der Waals surface area contributed by atoms with Gasteiger partial charge in [0.25, 0.3) is 5.91 Å². The molecular weight excluding hydrogens is 377 g/mol. The van der Waals surface area contributed by atoms with E-state index in [4.69, 9.17) is 0 Å². The standard InChI is InChI=1S/C23H15F3N2O/c24-23(25,26)18-9-5-8-17(13-18)22(29)28-27-14-21-19-10-3-1-6-15(19)12-16-7-2-4-11-20(16)21/h1-14H,(H,28,29)/b27-14+. The maximum atomic E-state index is 12.8. The van der Waals surface area contributed by atoms with Crippen LogP contribution in [0, 0.1) is 0 Å². The Bertz CT molecular complexity index is 1190. The van der Waals surface area contributed by atoms with Gasteiger partial charge in [0.15, 0.2) is 0 Å². The average molecular weight is 392 g/mol. The quantitative estimate of drug-likeness (QED) is 0.268. The number of rotatable bonds is 3. The molecule has 4 aromatic rings. The number of carbonyl (C=O) groups excluding carboxylic acids is 1. The highest BCUT2D eigenvalue weighted by atomic mass is 19.4. The molecule has 0 saturated heterocycles. The summed E-state index contributed by atoms with van der Waals surface area (Å²) < 4.78 is 38.5. The fraction of sp³-hybridized carbons (Fsp3) is 0.0435. The summed E-state index contributed by atoms with van der Waals surface area (Å²) in [5, 5.41) is 7.98. The minimum absolute atomic E-state index is 0.111. The Hall–Kier alpha value is -3.67. The second kappa shape index (κ2) is 7.39. The fourth-order valence-corrected chi connectivity index (χ4v) is 3.24. The molecule has 3 nitrogen and oxygen atoms in total. The summed E-state index contributed by atoms with van der Waals surface area (Å²) >= 11 is 0. The molecule has 1 N–H and O–H groups in total. The van der Waals surface area contributed by atoms with Crippen molar-refractivity contribution in [3.63, 3.8) is 0 Å². The van der Waals surface area contributed by atoms with Crippen LogP contribution in [0.2, 0.25) is 0 Å². The number of halogens is 3. The van der Waals surface area contributed by atoms with Gasteiger partial charge in [-0.15, -0.1) is 0 Å². The highest BCUT2D eigenvalue weighted by molar-refractivity contribution is 6.13. The molecule has 6 heteroatoms. The predicted molar refractivity (Wildman–Crippen MR) is 108 cm³/mol. The van der Waals surface area contributed by atoms with Crippen LogP contribution in [0.15, 0.2) is 84.0 Å². The Morgan fingerprint density at radius 2 is 1.45 bits per heavy atom. The van der Waals surface area contributed by atoms with Gasteiger partial charge in [-0.25, -0.2) is 5.43 Å². The van der Waals surface area contributed by atoms with Crippen LogP contribution in [-0.2, 0) is 6.18 Å². The van der Waals surface area contributed by atoms with E-state index in [1.54, 1.807) is 0 Å². The van der Waals surface area contributed by atoms with Crippen molar-refractivity contribution in [1.29, 1.82) is 0 Å². The van der Waals surface area contributed by atoms with Gasteiger partial charge >= 0.3 is 6.18 Å². The van der Waals surface area contributed by atoms with E-state index < -0.39 is 17.6 Å². The summed E-state index contributed by atoms with van der Waals surface area (Å²) in [5.74, 6) is -0.711. The van der Waals surface area contributed by atoms with E-state index in [1.807, 2.05) is 48.5 Å². The minimum atomic E-state index is -4.51.